The van der Waals surface area contributed by atoms with E-state index in [9.17, 15) is 4.79 Å². The van der Waals surface area contributed by atoms with Gasteiger partial charge in [0.1, 0.15) is 5.75 Å². The van der Waals surface area contributed by atoms with Gasteiger partial charge in [0.25, 0.3) is 0 Å². The molecule has 0 radical (unpaired) electrons. The Kier molecular flexibility index (Phi) is 5.67. The third-order valence-corrected chi connectivity index (χ3v) is 6.53. The van der Waals surface area contributed by atoms with Crippen molar-refractivity contribution in [3.8, 4) is 5.75 Å². The molecular formula is C24H30N2O2. The van der Waals surface area contributed by atoms with Crippen LogP contribution in [0.4, 0.5) is 0 Å². The van der Waals surface area contributed by atoms with Gasteiger partial charge in [0.15, 0.2) is 0 Å². The summed E-state index contributed by atoms with van der Waals surface area (Å²) in [5.41, 5.74) is 10.0. The smallest absolute Gasteiger partial charge is 0.223 e. The van der Waals surface area contributed by atoms with Gasteiger partial charge in [-0.15, -0.1) is 0 Å². The molecule has 4 nitrogen and oxygen atoms in total. The molecule has 0 saturated carbocycles. The van der Waals surface area contributed by atoms with E-state index in [2.05, 4.69) is 36.4 Å². The maximum absolute atomic E-state index is 13.1. The summed E-state index contributed by atoms with van der Waals surface area (Å²) >= 11 is 0. The summed E-state index contributed by atoms with van der Waals surface area (Å²) in [5, 5.41) is 0. The number of carbonyl (C=O) groups is 1. The van der Waals surface area contributed by atoms with E-state index < -0.39 is 0 Å². The summed E-state index contributed by atoms with van der Waals surface area (Å²) in [6, 6.07) is 16.8. The first-order valence-corrected chi connectivity index (χ1v) is 10.4. The lowest BCUT2D eigenvalue weighted by Crippen LogP contribution is -2.31. The Morgan fingerprint density at radius 3 is 2.75 bits per heavy atom. The van der Waals surface area contributed by atoms with Crippen LogP contribution in [0.25, 0.3) is 0 Å². The molecule has 4 heteroatoms. The number of amides is 1. The summed E-state index contributed by atoms with van der Waals surface area (Å²) in [5.74, 6) is 2.17. The third kappa shape index (κ3) is 3.79. The molecule has 1 heterocycles. The lowest BCUT2D eigenvalue weighted by Gasteiger charge is -2.27. The number of aryl methyl sites for hydroxylation is 1. The minimum absolute atomic E-state index is 0.269. The first kappa shape index (κ1) is 19.0. The molecule has 1 fully saturated rings. The van der Waals surface area contributed by atoms with Crippen LogP contribution in [-0.4, -0.2) is 37.6 Å². The van der Waals surface area contributed by atoms with E-state index in [1.807, 2.05) is 17.0 Å². The van der Waals surface area contributed by atoms with Crippen molar-refractivity contribution in [1.29, 1.82) is 0 Å². The predicted octanol–water partition coefficient (Wildman–Crippen LogP) is 3.71. The van der Waals surface area contributed by atoms with E-state index in [1.54, 1.807) is 7.11 Å². The van der Waals surface area contributed by atoms with Crippen molar-refractivity contribution in [3.63, 3.8) is 0 Å². The third-order valence-electron chi connectivity index (χ3n) is 6.53. The van der Waals surface area contributed by atoms with Crippen LogP contribution < -0.4 is 10.5 Å². The van der Waals surface area contributed by atoms with Gasteiger partial charge in [-0.05, 0) is 66.5 Å². The maximum Gasteiger partial charge on any atom is 0.223 e. The lowest BCUT2D eigenvalue weighted by molar-refractivity contribution is -0.130. The van der Waals surface area contributed by atoms with Gasteiger partial charge in [-0.25, -0.2) is 0 Å². The molecule has 1 saturated heterocycles. The number of hydrogen-bond donors (Lipinski definition) is 1. The number of ether oxygens (including phenoxy) is 1. The SMILES string of the molecule is COc1ccc2c(c1)CCCC2CC(=O)N1C[C@@H](CN)[C@H](c2ccccc2)C1. The number of methoxy groups -OCH3 is 1. The minimum Gasteiger partial charge on any atom is -0.497 e. The van der Waals surface area contributed by atoms with Crippen LogP contribution >= 0.6 is 0 Å². The predicted molar refractivity (Wildman–Crippen MR) is 112 cm³/mol. The molecule has 148 valence electrons. The summed E-state index contributed by atoms with van der Waals surface area (Å²) < 4.78 is 5.37. The second kappa shape index (κ2) is 8.36. The van der Waals surface area contributed by atoms with Crippen LogP contribution in [0.5, 0.6) is 5.75 Å². The van der Waals surface area contributed by atoms with Gasteiger partial charge in [0, 0.05) is 25.4 Å². The number of carbonyl (C=O) groups excluding carboxylic acids is 1. The number of hydrogen-bond acceptors (Lipinski definition) is 3. The second-order valence-electron chi connectivity index (χ2n) is 8.17. The number of rotatable bonds is 5. The van der Waals surface area contributed by atoms with Crippen molar-refractivity contribution in [2.75, 3.05) is 26.7 Å². The first-order chi connectivity index (χ1) is 13.7. The van der Waals surface area contributed by atoms with Crippen molar-refractivity contribution in [2.24, 2.45) is 11.7 Å². The number of nitrogens with zero attached hydrogens (tertiary/aromatic N) is 1. The Balaban J connectivity index is 1.46. The van der Waals surface area contributed by atoms with Crippen LogP contribution in [0.2, 0.25) is 0 Å². The molecule has 0 bridgehead atoms. The molecule has 2 N–H and O–H groups in total. The largest absolute Gasteiger partial charge is 0.497 e. The van der Waals surface area contributed by atoms with Crippen molar-refractivity contribution in [1.82, 2.24) is 4.90 Å². The van der Waals surface area contributed by atoms with Crippen LogP contribution in [0.3, 0.4) is 0 Å². The van der Waals surface area contributed by atoms with E-state index in [0.717, 1.165) is 38.1 Å². The van der Waals surface area contributed by atoms with E-state index in [4.69, 9.17) is 10.5 Å². The fourth-order valence-corrected chi connectivity index (χ4v) is 4.96. The second-order valence-corrected chi connectivity index (χ2v) is 8.17. The number of benzene rings is 2. The topological polar surface area (TPSA) is 55.6 Å². The van der Waals surface area contributed by atoms with E-state index in [1.165, 1.54) is 16.7 Å². The molecule has 1 aliphatic carbocycles. The highest BCUT2D eigenvalue weighted by molar-refractivity contribution is 5.78. The molecule has 0 aromatic heterocycles. The zero-order valence-electron chi connectivity index (χ0n) is 16.6. The number of nitrogens with two attached hydrogens (primary N) is 1. The Bertz CT molecular complexity index is 821. The first-order valence-electron chi connectivity index (χ1n) is 10.4. The summed E-state index contributed by atoms with van der Waals surface area (Å²) in [4.78, 5) is 15.2. The molecular weight excluding hydrogens is 348 g/mol. The normalized spacial score (nSPS) is 24.1. The monoisotopic (exact) mass is 378 g/mol. The van der Waals surface area contributed by atoms with Crippen LogP contribution in [-0.2, 0) is 11.2 Å². The van der Waals surface area contributed by atoms with E-state index >= 15 is 0 Å². The van der Waals surface area contributed by atoms with E-state index in [-0.39, 0.29) is 5.91 Å². The van der Waals surface area contributed by atoms with Crippen LogP contribution in [0.15, 0.2) is 48.5 Å². The minimum atomic E-state index is 0.269. The lowest BCUT2D eigenvalue weighted by atomic mass is 9.80. The summed E-state index contributed by atoms with van der Waals surface area (Å²) in [6.07, 6.45) is 3.89. The standard InChI is InChI=1S/C24H30N2O2/c1-28-21-10-11-22-18(12-21)8-5-9-19(22)13-24(27)26-15-20(14-25)23(16-26)17-6-3-2-4-7-17/h2-4,6-7,10-12,19-20,23H,5,8-9,13-16,25H2,1H3/t19?,20-,23+/m1/s1. The summed E-state index contributed by atoms with van der Waals surface area (Å²) in [7, 11) is 1.70. The van der Waals surface area contributed by atoms with Crippen molar-refractivity contribution >= 4 is 5.91 Å². The fraction of sp³-hybridized carbons (Fsp3) is 0.458. The Morgan fingerprint density at radius 2 is 2.00 bits per heavy atom. The highest BCUT2D eigenvalue weighted by atomic mass is 16.5. The van der Waals surface area contributed by atoms with Crippen molar-refractivity contribution < 1.29 is 9.53 Å². The molecule has 4 rings (SSSR count). The maximum atomic E-state index is 13.1. The molecule has 28 heavy (non-hydrogen) atoms. The van der Waals surface area contributed by atoms with Gasteiger partial charge in [0.05, 0.1) is 7.11 Å². The zero-order valence-corrected chi connectivity index (χ0v) is 16.6. The van der Waals surface area contributed by atoms with Gasteiger partial charge in [0.2, 0.25) is 5.91 Å². The van der Waals surface area contributed by atoms with Crippen LogP contribution in [0, 0.1) is 5.92 Å². The van der Waals surface area contributed by atoms with Crippen LogP contribution in [0.1, 0.15) is 47.8 Å². The highest BCUT2D eigenvalue weighted by Gasteiger charge is 2.36. The molecule has 2 aromatic carbocycles. The number of fused-ring (bicyclic) bond motifs is 1. The molecule has 1 amide bonds. The molecule has 2 aromatic rings. The molecule has 3 atom stereocenters. The van der Waals surface area contributed by atoms with Crippen molar-refractivity contribution in [3.05, 3.63) is 65.2 Å². The van der Waals surface area contributed by atoms with Crippen molar-refractivity contribution in [2.45, 2.75) is 37.5 Å². The fourth-order valence-electron chi connectivity index (χ4n) is 4.96. The Labute approximate surface area is 167 Å². The van der Waals surface area contributed by atoms with Gasteiger partial charge < -0.3 is 15.4 Å². The quantitative estimate of drug-likeness (QED) is 0.863. The highest BCUT2D eigenvalue weighted by Crippen LogP contribution is 2.38. The molecule has 1 unspecified atom stereocenters. The Morgan fingerprint density at radius 1 is 1.18 bits per heavy atom. The molecule has 2 aliphatic rings. The Hall–Kier alpha value is -2.33. The molecule has 1 aliphatic heterocycles. The average molecular weight is 379 g/mol. The summed E-state index contributed by atoms with van der Waals surface area (Å²) in [6.45, 7) is 2.18. The van der Waals surface area contributed by atoms with E-state index in [0.29, 0.717) is 30.7 Å². The van der Waals surface area contributed by atoms with Gasteiger partial charge in [-0.1, -0.05) is 36.4 Å². The average Bonchev–Trinajstić information content (AvgIpc) is 3.19. The van der Waals surface area contributed by atoms with Gasteiger partial charge >= 0.3 is 0 Å². The van der Waals surface area contributed by atoms with Gasteiger partial charge in [-0.2, -0.15) is 0 Å². The number of likely N-dealkylation sites (tertiary alicyclic amines) is 1. The molecule has 0 spiro atoms. The van der Waals surface area contributed by atoms with Gasteiger partial charge in [-0.3, -0.25) is 4.79 Å². The zero-order chi connectivity index (χ0) is 19.5.